The van der Waals surface area contributed by atoms with Crippen LogP contribution in [0.1, 0.15) is 17.9 Å². The number of hydrogen-bond donors (Lipinski definition) is 2. The van der Waals surface area contributed by atoms with Crippen molar-refractivity contribution >= 4 is 0 Å². The molecule has 3 fully saturated rings. The molecule has 0 spiro atoms. The summed E-state index contributed by atoms with van der Waals surface area (Å²) >= 11 is 0. The van der Waals surface area contributed by atoms with Crippen LogP contribution in [0.25, 0.3) is 0 Å². The molecule has 4 rings (SSSR count). The summed E-state index contributed by atoms with van der Waals surface area (Å²) in [5, 5.41) is 6.99. The number of likely N-dealkylation sites (tertiary alicyclic amines) is 1. The van der Waals surface area contributed by atoms with Crippen LogP contribution in [0.4, 0.5) is 0 Å². The van der Waals surface area contributed by atoms with Gasteiger partial charge in [-0.25, -0.2) is 0 Å². The maximum absolute atomic E-state index is 3.54. The van der Waals surface area contributed by atoms with Gasteiger partial charge in [0.25, 0.3) is 0 Å². The van der Waals surface area contributed by atoms with Gasteiger partial charge in [0, 0.05) is 13.1 Å². The van der Waals surface area contributed by atoms with Crippen molar-refractivity contribution in [1.82, 2.24) is 15.5 Å². The Kier molecular flexibility index (Phi) is 3.97. The Morgan fingerprint density at radius 2 is 1.62 bits per heavy atom. The zero-order valence-corrected chi connectivity index (χ0v) is 12.8. The second-order valence-corrected chi connectivity index (χ2v) is 7.16. The molecule has 3 heteroatoms. The third-order valence-corrected chi connectivity index (χ3v) is 5.83. The van der Waals surface area contributed by atoms with Gasteiger partial charge in [-0.15, -0.1) is 0 Å². The van der Waals surface area contributed by atoms with Gasteiger partial charge >= 0.3 is 0 Å². The van der Waals surface area contributed by atoms with Crippen molar-refractivity contribution in [3.63, 3.8) is 0 Å². The van der Waals surface area contributed by atoms with Gasteiger partial charge < -0.3 is 15.5 Å². The zero-order chi connectivity index (χ0) is 14.1. The van der Waals surface area contributed by atoms with E-state index < -0.39 is 0 Å². The molecule has 3 nitrogen and oxygen atoms in total. The van der Waals surface area contributed by atoms with E-state index in [1.807, 2.05) is 0 Å². The van der Waals surface area contributed by atoms with E-state index in [2.05, 4.69) is 45.9 Å². The van der Waals surface area contributed by atoms with E-state index in [0.717, 1.165) is 23.7 Å². The van der Waals surface area contributed by atoms with Crippen LogP contribution in [0.5, 0.6) is 0 Å². The predicted octanol–water partition coefficient (Wildman–Crippen LogP) is 1.53. The molecule has 3 unspecified atom stereocenters. The summed E-state index contributed by atoms with van der Waals surface area (Å²) in [6, 6.07) is 11.2. The van der Waals surface area contributed by atoms with Gasteiger partial charge in [-0.2, -0.15) is 0 Å². The van der Waals surface area contributed by atoms with Gasteiger partial charge in [0.05, 0.1) is 0 Å². The quantitative estimate of drug-likeness (QED) is 0.859. The van der Waals surface area contributed by atoms with Gasteiger partial charge in [-0.1, -0.05) is 30.3 Å². The molecule has 21 heavy (non-hydrogen) atoms. The molecule has 0 aromatic heterocycles. The lowest BCUT2D eigenvalue weighted by Gasteiger charge is -2.36. The first-order chi connectivity index (χ1) is 10.4. The molecule has 114 valence electrons. The number of rotatable bonds is 5. The van der Waals surface area contributed by atoms with Crippen molar-refractivity contribution in [3.05, 3.63) is 35.9 Å². The Balaban J connectivity index is 1.37. The van der Waals surface area contributed by atoms with Crippen LogP contribution in [0.2, 0.25) is 0 Å². The van der Waals surface area contributed by atoms with Crippen molar-refractivity contribution < 1.29 is 0 Å². The molecule has 2 N–H and O–H groups in total. The molecule has 3 aliphatic rings. The minimum absolute atomic E-state index is 0.742. The fraction of sp³-hybridized carbons (Fsp3) is 0.667. The van der Waals surface area contributed by atoms with Crippen LogP contribution in [-0.2, 0) is 0 Å². The highest BCUT2D eigenvalue weighted by Crippen LogP contribution is 2.32. The summed E-state index contributed by atoms with van der Waals surface area (Å²) in [6.45, 7) is 8.82. The second kappa shape index (κ2) is 6.07. The predicted molar refractivity (Wildman–Crippen MR) is 86.4 cm³/mol. The minimum Gasteiger partial charge on any atom is -0.316 e. The minimum atomic E-state index is 0.742. The first kappa shape index (κ1) is 13.7. The SMILES string of the molecule is c1ccc(C(CCN2CC3CNCC3C2)C2CNC2)cc1. The van der Waals surface area contributed by atoms with Crippen LogP contribution in [0.3, 0.4) is 0 Å². The van der Waals surface area contributed by atoms with Gasteiger partial charge in [0.15, 0.2) is 0 Å². The van der Waals surface area contributed by atoms with Gasteiger partial charge in [-0.05, 0) is 68.4 Å². The Hall–Kier alpha value is -0.900. The maximum atomic E-state index is 3.54. The number of benzene rings is 1. The topological polar surface area (TPSA) is 27.3 Å². The second-order valence-electron chi connectivity index (χ2n) is 7.16. The van der Waals surface area contributed by atoms with E-state index in [0.29, 0.717) is 0 Å². The molecule has 0 saturated carbocycles. The monoisotopic (exact) mass is 285 g/mol. The van der Waals surface area contributed by atoms with E-state index in [9.17, 15) is 0 Å². The Morgan fingerprint density at radius 3 is 2.24 bits per heavy atom. The summed E-state index contributed by atoms with van der Waals surface area (Å²) in [5.41, 5.74) is 1.55. The normalized spacial score (nSPS) is 31.0. The number of hydrogen-bond acceptors (Lipinski definition) is 3. The molecular formula is C18H27N3. The van der Waals surface area contributed by atoms with E-state index in [4.69, 9.17) is 0 Å². The van der Waals surface area contributed by atoms with Crippen molar-refractivity contribution in [2.75, 3.05) is 45.8 Å². The largest absolute Gasteiger partial charge is 0.316 e. The number of fused-ring (bicyclic) bond motifs is 1. The number of nitrogens with one attached hydrogen (secondary N) is 2. The average molecular weight is 285 g/mol. The van der Waals surface area contributed by atoms with Crippen molar-refractivity contribution in [3.8, 4) is 0 Å². The van der Waals surface area contributed by atoms with Crippen LogP contribution < -0.4 is 10.6 Å². The molecule has 0 amide bonds. The molecule has 3 atom stereocenters. The lowest BCUT2D eigenvalue weighted by molar-refractivity contribution is 0.240. The lowest BCUT2D eigenvalue weighted by Crippen LogP contribution is -2.46. The fourth-order valence-electron chi connectivity index (χ4n) is 4.43. The summed E-state index contributed by atoms with van der Waals surface area (Å²) in [7, 11) is 0. The van der Waals surface area contributed by atoms with Crippen molar-refractivity contribution in [1.29, 1.82) is 0 Å². The molecule has 3 heterocycles. The van der Waals surface area contributed by atoms with E-state index in [1.165, 1.54) is 52.2 Å². The molecule has 3 aliphatic heterocycles. The molecule has 0 radical (unpaired) electrons. The summed E-state index contributed by atoms with van der Waals surface area (Å²) in [6.07, 6.45) is 1.32. The van der Waals surface area contributed by atoms with Crippen LogP contribution in [0.15, 0.2) is 30.3 Å². The lowest BCUT2D eigenvalue weighted by atomic mass is 9.80. The maximum Gasteiger partial charge on any atom is 0.00255 e. The number of nitrogens with zero attached hydrogens (tertiary/aromatic N) is 1. The van der Waals surface area contributed by atoms with Gasteiger partial charge in [0.1, 0.15) is 0 Å². The van der Waals surface area contributed by atoms with Crippen LogP contribution >= 0.6 is 0 Å². The zero-order valence-electron chi connectivity index (χ0n) is 12.8. The first-order valence-corrected chi connectivity index (χ1v) is 8.59. The first-order valence-electron chi connectivity index (χ1n) is 8.59. The molecule has 0 bridgehead atoms. The van der Waals surface area contributed by atoms with Gasteiger partial charge in [-0.3, -0.25) is 0 Å². The summed E-state index contributed by atoms with van der Waals surface area (Å²) in [4.78, 5) is 2.72. The summed E-state index contributed by atoms with van der Waals surface area (Å²) in [5.74, 6) is 3.43. The smallest absolute Gasteiger partial charge is 0.00255 e. The highest BCUT2D eigenvalue weighted by Gasteiger charge is 2.36. The third-order valence-electron chi connectivity index (χ3n) is 5.83. The average Bonchev–Trinajstić information content (AvgIpc) is 3.03. The highest BCUT2D eigenvalue weighted by atomic mass is 15.2. The van der Waals surface area contributed by atoms with Crippen LogP contribution in [0, 0.1) is 17.8 Å². The molecule has 0 aliphatic carbocycles. The fourth-order valence-corrected chi connectivity index (χ4v) is 4.43. The molecule has 3 saturated heterocycles. The molecule has 1 aromatic rings. The van der Waals surface area contributed by atoms with Crippen LogP contribution in [-0.4, -0.2) is 50.7 Å². The van der Waals surface area contributed by atoms with Crippen molar-refractivity contribution in [2.24, 2.45) is 17.8 Å². The molecule has 1 aromatic carbocycles. The Morgan fingerprint density at radius 1 is 0.952 bits per heavy atom. The molecular weight excluding hydrogens is 258 g/mol. The Labute approximate surface area is 128 Å². The van der Waals surface area contributed by atoms with E-state index in [1.54, 1.807) is 5.56 Å². The Bertz CT molecular complexity index is 445. The van der Waals surface area contributed by atoms with E-state index >= 15 is 0 Å². The standard InChI is InChI=1S/C18H27N3/c1-2-4-14(5-3-1)18(15-8-19-9-15)6-7-21-12-16-10-20-11-17(16)13-21/h1-5,15-20H,6-13H2. The highest BCUT2D eigenvalue weighted by molar-refractivity contribution is 5.21. The van der Waals surface area contributed by atoms with Gasteiger partial charge in [0.2, 0.25) is 0 Å². The van der Waals surface area contributed by atoms with E-state index in [-0.39, 0.29) is 0 Å². The van der Waals surface area contributed by atoms with Crippen molar-refractivity contribution in [2.45, 2.75) is 12.3 Å². The third kappa shape index (κ3) is 2.87. The summed E-state index contributed by atoms with van der Waals surface area (Å²) < 4.78 is 0.